The number of carbonyl (C=O) groups is 1. The number of rotatable bonds is 2. The van der Waals surface area contributed by atoms with E-state index in [1.807, 2.05) is 0 Å². The first-order chi connectivity index (χ1) is 6.70. The van der Waals surface area contributed by atoms with Gasteiger partial charge in [0, 0.05) is 10.9 Å². The summed E-state index contributed by atoms with van der Waals surface area (Å²) < 4.78 is 5.29. The monoisotopic (exact) mass is 190 g/mol. The number of ketones is 1. The number of fused-ring (bicyclic) bond motifs is 1. The molecule has 14 heavy (non-hydrogen) atoms. The van der Waals surface area contributed by atoms with Crippen molar-refractivity contribution in [1.82, 2.24) is 0 Å². The van der Waals surface area contributed by atoms with Crippen molar-refractivity contribution in [2.75, 3.05) is 0 Å². The van der Waals surface area contributed by atoms with Gasteiger partial charge in [-0.05, 0) is 31.2 Å². The smallest absolute Gasteiger partial charge is 0.159 e. The second kappa shape index (κ2) is 3.27. The maximum absolute atomic E-state index is 11.1. The molecule has 0 bridgehead atoms. The van der Waals surface area contributed by atoms with Crippen LogP contribution in [0.2, 0.25) is 0 Å². The third-order valence-electron chi connectivity index (χ3n) is 2.13. The van der Waals surface area contributed by atoms with E-state index in [2.05, 4.69) is 0 Å². The summed E-state index contributed by atoms with van der Waals surface area (Å²) in [6.07, 6.45) is 0. The van der Waals surface area contributed by atoms with Gasteiger partial charge in [-0.1, -0.05) is 0 Å². The third kappa shape index (κ3) is 1.42. The minimum absolute atomic E-state index is 0.0265. The number of aliphatic hydroxyl groups is 1. The molecule has 1 aromatic heterocycles. The van der Waals surface area contributed by atoms with Gasteiger partial charge in [0.2, 0.25) is 0 Å². The van der Waals surface area contributed by atoms with Crippen molar-refractivity contribution in [2.24, 2.45) is 0 Å². The first-order valence-corrected chi connectivity index (χ1v) is 4.35. The molecule has 72 valence electrons. The van der Waals surface area contributed by atoms with Crippen molar-refractivity contribution >= 4 is 16.8 Å². The van der Waals surface area contributed by atoms with Gasteiger partial charge in [0.05, 0.1) is 0 Å². The highest BCUT2D eigenvalue weighted by Gasteiger charge is 2.05. The van der Waals surface area contributed by atoms with Crippen molar-refractivity contribution in [1.29, 1.82) is 0 Å². The maximum Gasteiger partial charge on any atom is 0.159 e. The van der Waals surface area contributed by atoms with Gasteiger partial charge in [0.15, 0.2) is 5.78 Å². The minimum Gasteiger partial charge on any atom is -0.459 e. The molecule has 0 radical (unpaired) electrons. The van der Waals surface area contributed by atoms with E-state index in [1.165, 1.54) is 6.92 Å². The lowest BCUT2D eigenvalue weighted by Gasteiger charge is -1.93. The molecule has 1 aromatic carbocycles. The lowest BCUT2D eigenvalue weighted by atomic mass is 10.1. The molecule has 0 spiro atoms. The number of furan rings is 1. The quantitative estimate of drug-likeness (QED) is 0.738. The molecular weight excluding hydrogens is 180 g/mol. The lowest BCUT2D eigenvalue weighted by molar-refractivity contribution is 0.101. The predicted molar refractivity (Wildman–Crippen MR) is 52.1 cm³/mol. The van der Waals surface area contributed by atoms with Crippen LogP contribution in [0.4, 0.5) is 0 Å². The summed E-state index contributed by atoms with van der Waals surface area (Å²) in [4.78, 5) is 11.1. The van der Waals surface area contributed by atoms with Gasteiger partial charge in [0.1, 0.15) is 18.0 Å². The number of aliphatic hydroxyl groups excluding tert-OH is 1. The standard InChI is InChI=1S/C11H10O3/c1-7(13)8-2-3-11-9(4-8)5-10(6-12)14-11/h2-5,12H,6H2,1H3. The Balaban J connectivity index is 2.59. The Morgan fingerprint density at radius 1 is 1.43 bits per heavy atom. The van der Waals surface area contributed by atoms with Crippen LogP contribution < -0.4 is 0 Å². The number of Topliss-reactive ketones (excluding diaryl/α,β-unsaturated/α-hetero) is 1. The van der Waals surface area contributed by atoms with E-state index < -0.39 is 0 Å². The molecule has 0 unspecified atom stereocenters. The molecule has 0 aliphatic carbocycles. The van der Waals surface area contributed by atoms with E-state index in [-0.39, 0.29) is 12.4 Å². The zero-order valence-electron chi connectivity index (χ0n) is 7.78. The van der Waals surface area contributed by atoms with Gasteiger partial charge in [-0.15, -0.1) is 0 Å². The summed E-state index contributed by atoms with van der Waals surface area (Å²) in [7, 11) is 0. The molecule has 0 saturated carbocycles. The normalized spacial score (nSPS) is 10.7. The summed E-state index contributed by atoms with van der Waals surface area (Å²) in [6, 6.07) is 6.96. The molecule has 0 aliphatic rings. The largest absolute Gasteiger partial charge is 0.459 e. The van der Waals surface area contributed by atoms with Crippen molar-refractivity contribution in [3.05, 3.63) is 35.6 Å². The molecule has 2 rings (SSSR count). The van der Waals surface area contributed by atoms with Gasteiger partial charge in [-0.3, -0.25) is 4.79 Å². The minimum atomic E-state index is -0.121. The summed E-state index contributed by atoms with van der Waals surface area (Å²) in [6.45, 7) is 1.40. The Bertz CT molecular complexity index is 482. The van der Waals surface area contributed by atoms with Gasteiger partial charge >= 0.3 is 0 Å². The van der Waals surface area contributed by atoms with Gasteiger partial charge in [-0.25, -0.2) is 0 Å². The van der Waals surface area contributed by atoms with Crippen molar-refractivity contribution in [3.8, 4) is 0 Å². The first kappa shape index (κ1) is 8.97. The summed E-state index contributed by atoms with van der Waals surface area (Å²) in [5, 5.41) is 9.71. The topological polar surface area (TPSA) is 50.4 Å². The van der Waals surface area contributed by atoms with Crippen LogP contribution in [-0.4, -0.2) is 10.9 Å². The molecule has 2 aromatic rings. The molecule has 3 heteroatoms. The zero-order chi connectivity index (χ0) is 10.1. The Kier molecular flexibility index (Phi) is 2.09. The summed E-state index contributed by atoms with van der Waals surface area (Å²) in [5.41, 5.74) is 1.35. The highest BCUT2D eigenvalue weighted by molar-refractivity contribution is 5.97. The Hall–Kier alpha value is -1.61. The molecule has 0 saturated heterocycles. The van der Waals surface area contributed by atoms with Crippen LogP contribution in [-0.2, 0) is 6.61 Å². The summed E-state index contributed by atoms with van der Waals surface area (Å²) >= 11 is 0. The van der Waals surface area contributed by atoms with Crippen LogP contribution in [0.5, 0.6) is 0 Å². The number of benzene rings is 1. The van der Waals surface area contributed by atoms with Crippen LogP contribution in [0.25, 0.3) is 11.0 Å². The van der Waals surface area contributed by atoms with Crippen LogP contribution in [0.1, 0.15) is 23.0 Å². The van der Waals surface area contributed by atoms with E-state index in [0.29, 0.717) is 16.9 Å². The van der Waals surface area contributed by atoms with Gasteiger partial charge < -0.3 is 9.52 Å². The van der Waals surface area contributed by atoms with Crippen LogP contribution in [0.15, 0.2) is 28.7 Å². The SMILES string of the molecule is CC(=O)c1ccc2oc(CO)cc2c1. The number of carbonyl (C=O) groups excluding carboxylic acids is 1. The third-order valence-corrected chi connectivity index (χ3v) is 2.13. The summed E-state index contributed by atoms with van der Waals surface area (Å²) in [5.74, 6) is 0.541. The van der Waals surface area contributed by atoms with E-state index in [0.717, 1.165) is 5.39 Å². The van der Waals surface area contributed by atoms with E-state index >= 15 is 0 Å². The van der Waals surface area contributed by atoms with E-state index in [4.69, 9.17) is 9.52 Å². The molecule has 0 atom stereocenters. The fraction of sp³-hybridized carbons (Fsp3) is 0.182. The molecule has 1 heterocycles. The molecule has 1 N–H and O–H groups in total. The second-order valence-electron chi connectivity index (χ2n) is 3.18. The Morgan fingerprint density at radius 3 is 2.86 bits per heavy atom. The van der Waals surface area contributed by atoms with Gasteiger partial charge in [-0.2, -0.15) is 0 Å². The van der Waals surface area contributed by atoms with E-state index in [1.54, 1.807) is 24.3 Å². The first-order valence-electron chi connectivity index (χ1n) is 4.35. The lowest BCUT2D eigenvalue weighted by Crippen LogP contribution is -1.89. The fourth-order valence-electron chi connectivity index (χ4n) is 1.40. The average Bonchev–Trinajstić information content (AvgIpc) is 2.58. The van der Waals surface area contributed by atoms with Crippen LogP contribution >= 0.6 is 0 Å². The zero-order valence-corrected chi connectivity index (χ0v) is 7.78. The Morgan fingerprint density at radius 2 is 2.21 bits per heavy atom. The fourth-order valence-corrected chi connectivity index (χ4v) is 1.40. The van der Waals surface area contributed by atoms with Crippen molar-refractivity contribution < 1.29 is 14.3 Å². The van der Waals surface area contributed by atoms with Crippen LogP contribution in [0, 0.1) is 0 Å². The number of hydrogen-bond donors (Lipinski definition) is 1. The van der Waals surface area contributed by atoms with E-state index in [9.17, 15) is 4.79 Å². The van der Waals surface area contributed by atoms with Crippen molar-refractivity contribution in [3.63, 3.8) is 0 Å². The van der Waals surface area contributed by atoms with Gasteiger partial charge in [0.25, 0.3) is 0 Å². The molecule has 0 fully saturated rings. The molecule has 0 amide bonds. The Labute approximate surface area is 81.0 Å². The van der Waals surface area contributed by atoms with Crippen LogP contribution in [0.3, 0.4) is 0 Å². The average molecular weight is 190 g/mol. The maximum atomic E-state index is 11.1. The second-order valence-corrected chi connectivity index (χ2v) is 3.18. The van der Waals surface area contributed by atoms with Crippen molar-refractivity contribution in [2.45, 2.75) is 13.5 Å². The molecule has 0 aliphatic heterocycles. The molecular formula is C11H10O3. The predicted octanol–water partition coefficient (Wildman–Crippen LogP) is 2.13. The molecule has 3 nitrogen and oxygen atoms in total. The number of hydrogen-bond acceptors (Lipinski definition) is 3. The highest BCUT2D eigenvalue weighted by atomic mass is 16.4. The highest BCUT2D eigenvalue weighted by Crippen LogP contribution is 2.20.